The number of ketones is 1. The quantitative estimate of drug-likeness (QED) is 0.357. The Morgan fingerprint density at radius 1 is 0.800 bits per heavy atom. The summed E-state index contributed by atoms with van der Waals surface area (Å²) in [5.74, 6) is -0.185. The standard InChI is InChI=1S/C29H28O6/c1-29(19-14-10-7-11-15-19)26(18-12-8-6-9-13-18)24(25(27(29)30)28(31)35-5)23-21(33-3)16-20(32-2)17-22(23)34-4/h6-17,26H,1-5H3/t26-,29+/m0/s1. The van der Waals surface area contributed by atoms with Crippen LogP contribution >= 0.6 is 0 Å². The molecule has 0 unspecified atom stereocenters. The van der Waals surface area contributed by atoms with Crippen LogP contribution < -0.4 is 14.2 Å². The molecular formula is C29H28O6. The van der Waals surface area contributed by atoms with Crippen LogP contribution in [0.5, 0.6) is 17.2 Å². The van der Waals surface area contributed by atoms with Crippen LogP contribution in [0.25, 0.3) is 5.57 Å². The van der Waals surface area contributed by atoms with Gasteiger partial charge >= 0.3 is 5.97 Å². The number of hydrogen-bond acceptors (Lipinski definition) is 6. The van der Waals surface area contributed by atoms with Crippen molar-refractivity contribution in [2.75, 3.05) is 28.4 Å². The van der Waals surface area contributed by atoms with Crippen LogP contribution in [-0.2, 0) is 19.7 Å². The third-order valence-corrected chi connectivity index (χ3v) is 6.71. The Hall–Kier alpha value is -4.06. The number of esters is 1. The van der Waals surface area contributed by atoms with Crippen molar-refractivity contribution < 1.29 is 28.5 Å². The van der Waals surface area contributed by atoms with Crippen LogP contribution in [0.4, 0.5) is 0 Å². The maximum Gasteiger partial charge on any atom is 0.341 e. The van der Waals surface area contributed by atoms with E-state index >= 15 is 0 Å². The molecule has 0 bridgehead atoms. The van der Waals surface area contributed by atoms with E-state index in [9.17, 15) is 9.59 Å². The van der Waals surface area contributed by atoms with Gasteiger partial charge in [-0.2, -0.15) is 0 Å². The third-order valence-electron chi connectivity index (χ3n) is 6.71. The number of carbonyl (C=O) groups is 2. The van der Waals surface area contributed by atoms with E-state index in [0.29, 0.717) is 28.4 Å². The molecule has 35 heavy (non-hydrogen) atoms. The second-order valence-electron chi connectivity index (χ2n) is 8.43. The molecule has 0 radical (unpaired) electrons. The Bertz CT molecular complexity index is 1250. The summed E-state index contributed by atoms with van der Waals surface area (Å²) in [6.07, 6.45) is 0. The zero-order valence-electron chi connectivity index (χ0n) is 20.5. The van der Waals surface area contributed by atoms with Gasteiger partial charge in [-0.05, 0) is 23.6 Å². The lowest BCUT2D eigenvalue weighted by Crippen LogP contribution is -2.36. The normalized spacial score (nSPS) is 19.5. The van der Waals surface area contributed by atoms with Crippen LogP contribution in [0.2, 0.25) is 0 Å². The largest absolute Gasteiger partial charge is 0.496 e. The summed E-state index contributed by atoms with van der Waals surface area (Å²) < 4.78 is 22.0. The molecule has 1 aliphatic carbocycles. The minimum Gasteiger partial charge on any atom is -0.496 e. The maximum atomic E-state index is 14.3. The number of allylic oxidation sites excluding steroid dienone is 1. The summed E-state index contributed by atoms with van der Waals surface area (Å²) in [6.45, 7) is 1.88. The molecule has 2 atom stereocenters. The van der Waals surface area contributed by atoms with Gasteiger partial charge < -0.3 is 18.9 Å². The number of ether oxygens (including phenoxy) is 4. The van der Waals surface area contributed by atoms with E-state index in [1.165, 1.54) is 21.3 Å². The second-order valence-corrected chi connectivity index (χ2v) is 8.43. The van der Waals surface area contributed by atoms with Gasteiger partial charge in [0.1, 0.15) is 22.8 Å². The fourth-order valence-electron chi connectivity index (χ4n) is 5.02. The number of benzene rings is 3. The zero-order valence-corrected chi connectivity index (χ0v) is 20.5. The summed E-state index contributed by atoms with van der Waals surface area (Å²) in [6, 6.07) is 22.6. The lowest BCUT2D eigenvalue weighted by atomic mass is 9.67. The fraction of sp³-hybridized carbons (Fsp3) is 0.241. The number of carbonyl (C=O) groups excluding carboxylic acids is 2. The van der Waals surface area contributed by atoms with Gasteiger partial charge in [-0.15, -0.1) is 0 Å². The fourth-order valence-corrected chi connectivity index (χ4v) is 5.02. The molecule has 6 heteroatoms. The molecule has 180 valence electrons. The molecule has 0 spiro atoms. The highest BCUT2D eigenvalue weighted by molar-refractivity contribution is 6.31. The SMILES string of the molecule is COC(=O)C1=C(c2c(OC)cc(OC)cc2OC)[C@H](c2ccccc2)[C@@](C)(c2ccccc2)C1=O. The first-order valence-electron chi connectivity index (χ1n) is 11.2. The predicted molar refractivity (Wildman–Crippen MR) is 133 cm³/mol. The smallest absolute Gasteiger partial charge is 0.341 e. The van der Waals surface area contributed by atoms with Gasteiger partial charge in [-0.3, -0.25) is 4.79 Å². The number of hydrogen-bond donors (Lipinski definition) is 0. The molecule has 4 rings (SSSR count). The summed E-state index contributed by atoms with van der Waals surface area (Å²) in [7, 11) is 5.88. The van der Waals surface area contributed by atoms with E-state index in [2.05, 4.69) is 0 Å². The molecule has 0 saturated heterocycles. The molecule has 0 aromatic heterocycles. The number of Topliss-reactive ketones (excluding diaryl/α,β-unsaturated/α-hetero) is 1. The van der Waals surface area contributed by atoms with Crippen molar-refractivity contribution in [1.29, 1.82) is 0 Å². The van der Waals surface area contributed by atoms with Crippen molar-refractivity contribution >= 4 is 17.3 Å². The lowest BCUT2D eigenvalue weighted by molar-refractivity contribution is -0.138. The Morgan fingerprint density at radius 3 is 1.83 bits per heavy atom. The average molecular weight is 473 g/mol. The van der Waals surface area contributed by atoms with Gasteiger partial charge in [-0.1, -0.05) is 60.7 Å². The summed E-state index contributed by atoms with van der Waals surface area (Å²) in [4.78, 5) is 27.5. The summed E-state index contributed by atoms with van der Waals surface area (Å²) >= 11 is 0. The third kappa shape index (κ3) is 3.85. The van der Waals surface area contributed by atoms with E-state index in [0.717, 1.165) is 11.1 Å². The molecule has 0 saturated carbocycles. The zero-order chi connectivity index (χ0) is 25.2. The molecule has 6 nitrogen and oxygen atoms in total. The molecule has 0 heterocycles. The predicted octanol–water partition coefficient (Wildman–Crippen LogP) is 4.96. The van der Waals surface area contributed by atoms with Crippen molar-refractivity contribution in [2.45, 2.75) is 18.3 Å². The van der Waals surface area contributed by atoms with Gasteiger partial charge in [0, 0.05) is 18.1 Å². The lowest BCUT2D eigenvalue weighted by Gasteiger charge is -2.33. The van der Waals surface area contributed by atoms with E-state index in [1.54, 1.807) is 19.2 Å². The van der Waals surface area contributed by atoms with Gasteiger partial charge in [0.15, 0.2) is 5.78 Å². The van der Waals surface area contributed by atoms with Gasteiger partial charge in [0.05, 0.1) is 39.4 Å². The van der Waals surface area contributed by atoms with Crippen LogP contribution in [0.1, 0.15) is 29.5 Å². The van der Waals surface area contributed by atoms with Crippen LogP contribution in [0, 0.1) is 0 Å². The molecule has 0 amide bonds. The molecule has 3 aromatic rings. The van der Waals surface area contributed by atoms with E-state index < -0.39 is 17.3 Å². The van der Waals surface area contributed by atoms with Crippen molar-refractivity contribution in [2.24, 2.45) is 0 Å². The second kappa shape index (κ2) is 9.66. The molecular weight excluding hydrogens is 444 g/mol. The summed E-state index contributed by atoms with van der Waals surface area (Å²) in [5, 5.41) is 0. The number of rotatable bonds is 7. The minimum absolute atomic E-state index is 0.0190. The van der Waals surface area contributed by atoms with E-state index in [1.807, 2.05) is 67.6 Å². The summed E-state index contributed by atoms with van der Waals surface area (Å²) in [5.41, 5.74) is 1.57. The Balaban J connectivity index is 2.15. The van der Waals surface area contributed by atoms with Crippen molar-refractivity contribution in [3.8, 4) is 17.2 Å². The van der Waals surface area contributed by atoms with Crippen molar-refractivity contribution in [3.63, 3.8) is 0 Å². The monoisotopic (exact) mass is 472 g/mol. The first-order chi connectivity index (χ1) is 16.9. The van der Waals surface area contributed by atoms with Gasteiger partial charge in [0.25, 0.3) is 0 Å². The highest BCUT2D eigenvalue weighted by Gasteiger charge is 2.56. The molecule has 3 aromatic carbocycles. The maximum absolute atomic E-state index is 14.3. The highest BCUT2D eigenvalue weighted by Crippen LogP contribution is 2.58. The molecule has 1 aliphatic rings. The molecule has 0 N–H and O–H groups in total. The van der Waals surface area contributed by atoms with Gasteiger partial charge in [-0.25, -0.2) is 4.79 Å². The van der Waals surface area contributed by atoms with Crippen LogP contribution in [-0.4, -0.2) is 40.2 Å². The van der Waals surface area contributed by atoms with Gasteiger partial charge in [0.2, 0.25) is 0 Å². The average Bonchev–Trinajstić information content (AvgIpc) is 3.15. The first-order valence-corrected chi connectivity index (χ1v) is 11.2. The highest BCUT2D eigenvalue weighted by atomic mass is 16.5. The Labute approximate surface area is 205 Å². The Morgan fingerprint density at radius 2 is 1.34 bits per heavy atom. The van der Waals surface area contributed by atoms with E-state index in [-0.39, 0.29) is 11.4 Å². The van der Waals surface area contributed by atoms with Crippen molar-refractivity contribution in [1.82, 2.24) is 0 Å². The molecule has 0 fully saturated rings. The minimum atomic E-state index is -1.09. The number of methoxy groups -OCH3 is 4. The molecule has 0 aliphatic heterocycles. The topological polar surface area (TPSA) is 71.1 Å². The Kier molecular flexibility index (Phi) is 6.65. The first kappa shape index (κ1) is 24.1. The van der Waals surface area contributed by atoms with Crippen molar-refractivity contribution in [3.05, 3.63) is 95.1 Å². The van der Waals surface area contributed by atoms with Crippen LogP contribution in [0.3, 0.4) is 0 Å². The van der Waals surface area contributed by atoms with E-state index in [4.69, 9.17) is 18.9 Å². The van der Waals surface area contributed by atoms with Crippen LogP contribution in [0.15, 0.2) is 78.4 Å².